The van der Waals surface area contributed by atoms with E-state index in [0.717, 1.165) is 30.1 Å². The Labute approximate surface area is 102 Å². The van der Waals surface area contributed by atoms with Crippen molar-refractivity contribution in [3.63, 3.8) is 0 Å². The second-order valence-corrected chi connectivity index (χ2v) is 4.22. The lowest BCUT2D eigenvalue weighted by Gasteiger charge is -2.21. The Morgan fingerprint density at radius 2 is 2.18 bits per heavy atom. The standard InChI is InChI=1S/C13H19N4/c1-4-6-9-17(5-2)12-8-7-11-13(15-12)16(3)10-14-11/h7-8H,4-6,9H2,1-3H3. The van der Waals surface area contributed by atoms with E-state index in [1.807, 2.05) is 23.7 Å². The van der Waals surface area contributed by atoms with Crippen LogP contribution in [-0.4, -0.2) is 27.6 Å². The molecule has 0 fully saturated rings. The van der Waals surface area contributed by atoms with Crippen LogP contribution in [-0.2, 0) is 7.05 Å². The van der Waals surface area contributed by atoms with Crippen LogP contribution in [0.2, 0.25) is 0 Å². The number of unbranched alkanes of at least 4 members (excludes halogenated alkanes) is 1. The van der Waals surface area contributed by atoms with Gasteiger partial charge in [-0.25, -0.2) is 9.97 Å². The van der Waals surface area contributed by atoms with Gasteiger partial charge in [0.25, 0.3) is 0 Å². The van der Waals surface area contributed by atoms with Gasteiger partial charge in [-0.05, 0) is 25.5 Å². The quantitative estimate of drug-likeness (QED) is 0.792. The number of pyridine rings is 1. The summed E-state index contributed by atoms with van der Waals surface area (Å²) in [4.78, 5) is 11.1. The van der Waals surface area contributed by atoms with E-state index in [4.69, 9.17) is 0 Å². The molecule has 4 nitrogen and oxygen atoms in total. The Morgan fingerprint density at radius 3 is 2.88 bits per heavy atom. The van der Waals surface area contributed by atoms with Crippen molar-refractivity contribution in [2.45, 2.75) is 26.7 Å². The summed E-state index contributed by atoms with van der Waals surface area (Å²) in [5, 5.41) is 0. The van der Waals surface area contributed by atoms with Crippen LogP contribution in [0.3, 0.4) is 0 Å². The minimum atomic E-state index is 0.900. The highest BCUT2D eigenvalue weighted by Crippen LogP contribution is 2.16. The fourth-order valence-corrected chi connectivity index (χ4v) is 1.90. The predicted molar refractivity (Wildman–Crippen MR) is 70.1 cm³/mol. The summed E-state index contributed by atoms with van der Waals surface area (Å²) in [5.41, 5.74) is 1.81. The summed E-state index contributed by atoms with van der Waals surface area (Å²) in [6, 6.07) is 4.06. The highest BCUT2D eigenvalue weighted by molar-refractivity contribution is 5.73. The van der Waals surface area contributed by atoms with E-state index in [1.54, 1.807) is 0 Å². The van der Waals surface area contributed by atoms with Crippen molar-refractivity contribution >= 4 is 17.0 Å². The average molecular weight is 231 g/mol. The first-order valence-electron chi connectivity index (χ1n) is 6.22. The first-order chi connectivity index (χ1) is 8.26. The number of imidazole rings is 1. The second-order valence-electron chi connectivity index (χ2n) is 4.22. The van der Waals surface area contributed by atoms with Crippen molar-refractivity contribution in [3.8, 4) is 0 Å². The number of aromatic nitrogens is 3. The van der Waals surface area contributed by atoms with Gasteiger partial charge in [-0.15, -0.1) is 0 Å². The van der Waals surface area contributed by atoms with Crippen LogP contribution >= 0.6 is 0 Å². The van der Waals surface area contributed by atoms with Crippen molar-refractivity contribution < 1.29 is 0 Å². The molecular formula is C13H19N4. The van der Waals surface area contributed by atoms with E-state index in [9.17, 15) is 0 Å². The molecule has 1 radical (unpaired) electrons. The zero-order valence-corrected chi connectivity index (χ0v) is 10.8. The van der Waals surface area contributed by atoms with Gasteiger partial charge in [0.1, 0.15) is 11.3 Å². The molecule has 0 amide bonds. The van der Waals surface area contributed by atoms with Gasteiger partial charge < -0.3 is 9.47 Å². The number of anilines is 1. The molecule has 17 heavy (non-hydrogen) atoms. The largest absolute Gasteiger partial charge is 0.357 e. The van der Waals surface area contributed by atoms with E-state index < -0.39 is 0 Å². The van der Waals surface area contributed by atoms with E-state index in [1.165, 1.54) is 12.8 Å². The maximum Gasteiger partial charge on any atom is 0.178 e. The van der Waals surface area contributed by atoms with E-state index >= 15 is 0 Å². The van der Waals surface area contributed by atoms with Gasteiger partial charge in [0.2, 0.25) is 0 Å². The molecule has 0 spiro atoms. The molecule has 0 aliphatic rings. The predicted octanol–water partition coefficient (Wildman–Crippen LogP) is 2.39. The SMILES string of the molecule is CCCCN(CC)c1ccc2n[c]n(C)c2n1. The van der Waals surface area contributed by atoms with Crippen molar-refractivity contribution in [3.05, 3.63) is 18.5 Å². The van der Waals surface area contributed by atoms with Crippen molar-refractivity contribution in [1.82, 2.24) is 14.5 Å². The first kappa shape index (κ1) is 11.9. The molecular weight excluding hydrogens is 212 g/mol. The average Bonchev–Trinajstić information content (AvgIpc) is 2.72. The highest BCUT2D eigenvalue weighted by Gasteiger charge is 2.08. The minimum Gasteiger partial charge on any atom is -0.357 e. The fourth-order valence-electron chi connectivity index (χ4n) is 1.90. The molecule has 0 bridgehead atoms. The highest BCUT2D eigenvalue weighted by atomic mass is 15.2. The number of rotatable bonds is 5. The molecule has 91 valence electrons. The minimum absolute atomic E-state index is 0.900. The third-order valence-corrected chi connectivity index (χ3v) is 2.97. The molecule has 0 aliphatic heterocycles. The first-order valence-corrected chi connectivity index (χ1v) is 6.22. The molecule has 0 atom stereocenters. The lowest BCUT2D eigenvalue weighted by atomic mass is 10.3. The Morgan fingerprint density at radius 1 is 1.35 bits per heavy atom. The van der Waals surface area contributed by atoms with Crippen LogP contribution in [0.5, 0.6) is 0 Å². The maximum absolute atomic E-state index is 4.65. The smallest absolute Gasteiger partial charge is 0.178 e. The van der Waals surface area contributed by atoms with Crippen LogP contribution < -0.4 is 4.90 Å². The van der Waals surface area contributed by atoms with Gasteiger partial charge >= 0.3 is 0 Å². The number of hydrogen-bond donors (Lipinski definition) is 0. The fraction of sp³-hybridized carbons (Fsp3) is 0.538. The summed E-state index contributed by atoms with van der Waals surface area (Å²) < 4.78 is 1.84. The lowest BCUT2D eigenvalue weighted by Crippen LogP contribution is -2.24. The van der Waals surface area contributed by atoms with Gasteiger partial charge in [-0.2, -0.15) is 0 Å². The van der Waals surface area contributed by atoms with Crippen LogP contribution in [0, 0.1) is 6.33 Å². The van der Waals surface area contributed by atoms with Crippen LogP contribution in [0.25, 0.3) is 11.2 Å². The molecule has 0 saturated heterocycles. The molecule has 2 heterocycles. The molecule has 0 aromatic carbocycles. The van der Waals surface area contributed by atoms with Crippen molar-refractivity contribution in [1.29, 1.82) is 0 Å². The third kappa shape index (κ3) is 2.40. The molecule has 4 heteroatoms. The Bertz CT molecular complexity index is 489. The number of aryl methyl sites for hydroxylation is 1. The van der Waals surface area contributed by atoms with E-state index in [2.05, 4.69) is 35.0 Å². The molecule has 2 aromatic rings. The summed E-state index contributed by atoms with van der Waals surface area (Å²) in [5.74, 6) is 1.03. The summed E-state index contributed by atoms with van der Waals surface area (Å²) in [6.45, 7) is 6.42. The molecule has 2 rings (SSSR count). The summed E-state index contributed by atoms with van der Waals surface area (Å²) in [7, 11) is 1.93. The molecule has 0 unspecified atom stereocenters. The van der Waals surface area contributed by atoms with Gasteiger partial charge in [0.05, 0.1) is 0 Å². The topological polar surface area (TPSA) is 34.0 Å². The van der Waals surface area contributed by atoms with Gasteiger partial charge in [0, 0.05) is 20.1 Å². The van der Waals surface area contributed by atoms with Gasteiger partial charge in [0.15, 0.2) is 12.0 Å². The van der Waals surface area contributed by atoms with E-state index in [0.29, 0.717) is 0 Å². The third-order valence-electron chi connectivity index (χ3n) is 2.97. The molecule has 0 N–H and O–H groups in total. The van der Waals surface area contributed by atoms with Crippen LogP contribution in [0.1, 0.15) is 26.7 Å². The number of fused-ring (bicyclic) bond motifs is 1. The molecule has 0 saturated carbocycles. The van der Waals surface area contributed by atoms with Crippen molar-refractivity contribution in [2.24, 2.45) is 7.05 Å². The zero-order chi connectivity index (χ0) is 12.3. The normalized spacial score (nSPS) is 11.0. The molecule has 0 aliphatic carbocycles. The zero-order valence-electron chi connectivity index (χ0n) is 10.8. The van der Waals surface area contributed by atoms with Crippen molar-refractivity contribution in [2.75, 3.05) is 18.0 Å². The Kier molecular flexibility index (Phi) is 3.61. The van der Waals surface area contributed by atoms with Gasteiger partial charge in [-0.1, -0.05) is 13.3 Å². The Balaban J connectivity index is 2.29. The van der Waals surface area contributed by atoms with Gasteiger partial charge in [-0.3, -0.25) is 0 Å². The monoisotopic (exact) mass is 231 g/mol. The lowest BCUT2D eigenvalue weighted by molar-refractivity contribution is 0.724. The number of hydrogen-bond acceptors (Lipinski definition) is 3. The number of nitrogens with zero attached hydrogens (tertiary/aromatic N) is 4. The second kappa shape index (κ2) is 5.17. The Hall–Kier alpha value is -1.58. The van der Waals surface area contributed by atoms with E-state index in [-0.39, 0.29) is 0 Å². The maximum atomic E-state index is 4.65. The van der Waals surface area contributed by atoms with Crippen LogP contribution in [0.15, 0.2) is 12.1 Å². The van der Waals surface area contributed by atoms with Crippen LogP contribution in [0.4, 0.5) is 5.82 Å². The summed E-state index contributed by atoms with van der Waals surface area (Å²) in [6.07, 6.45) is 5.30. The summed E-state index contributed by atoms with van der Waals surface area (Å²) >= 11 is 0. The molecule has 2 aromatic heterocycles.